The van der Waals surface area contributed by atoms with Crippen LogP contribution in [0.3, 0.4) is 0 Å². The molecule has 0 fully saturated rings. The first kappa shape index (κ1) is 14.3. The van der Waals surface area contributed by atoms with Crippen LogP contribution in [-0.2, 0) is 5.60 Å². The van der Waals surface area contributed by atoms with Gasteiger partial charge in [-0.3, -0.25) is 0 Å². The van der Waals surface area contributed by atoms with E-state index in [-0.39, 0.29) is 0 Å². The zero-order valence-electron chi connectivity index (χ0n) is 12.6. The highest BCUT2D eigenvalue weighted by molar-refractivity contribution is 5.79. The Kier molecular flexibility index (Phi) is 4.09. The van der Waals surface area contributed by atoms with Crippen molar-refractivity contribution < 1.29 is 5.11 Å². The fourth-order valence-corrected chi connectivity index (χ4v) is 3.43. The van der Waals surface area contributed by atoms with Crippen molar-refractivity contribution in [3.8, 4) is 11.1 Å². The number of fused-ring (bicyclic) bond motifs is 3. The third-order valence-electron chi connectivity index (χ3n) is 4.50. The summed E-state index contributed by atoms with van der Waals surface area (Å²) in [5.74, 6) is 0. The zero-order valence-corrected chi connectivity index (χ0v) is 12.6. The average molecular weight is 281 g/mol. The highest BCUT2D eigenvalue weighted by Crippen LogP contribution is 2.49. The first-order valence-electron chi connectivity index (χ1n) is 7.84. The SMILES string of the molecule is CNCCCCCC1(O)c2ccccc2-c2ccccc21. The van der Waals surface area contributed by atoms with Crippen LogP contribution < -0.4 is 5.32 Å². The minimum absolute atomic E-state index is 0.796. The van der Waals surface area contributed by atoms with Crippen LogP contribution in [-0.4, -0.2) is 18.7 Å². The Morgan fingerprint density at radius 2 is 1.43 bits per heavy atom. The summed E-state index contributed by atoms with van der Waals surface area (Å²) in [7, 11) is 1.98. The third-order valence-corrected chi connectivity index (χ3v) is 4.50. The fourth-order valence-electron chi connectivity index (χ4n) is 3.43. The molecule has 0 aliphatic heterocycles. The van der Waals surface area contributed by atoms with Gasteiger partial charge in [0.2, 0.25) is 0 Å². The van der Waals surface area contributed by atoms with Crippen LogP contribution in [0.5, 0.6) is 0 Å². The molecule has 2 nitrogen and oxygen atoms in total. The number of rotatable bonds is 6. The van der Waals surface area contributed by atoms with E-state index in [1.807, 2.05) is 31.3 Å². The normalized spacial score (nSPS) is 14.8. The van der Waals surface area contributed by atoms with Gasteiger partial charge in [0.05, 0.1) is 0 Å². The van der Waals surface area contributed by atoms with Gasteiger partial charge in [0.25, 0.3) is 0 Å². The first-order chi connectivity index (χ1) is 10.3. The number of benzene rings is 2. The van der Waals surface area contributed by atoms with E-state index >= 15 is 0 Å². The Bertz CT molecular complexity index is 575. The first-order valence-corrected chi connectivity index (χ1v) is 7.84. The van der Waals surface area contributed by atoms with Crippen LogP contribution in [0.25, 0.3) is 11.1 Å². The van der Waals surface area contributed by atoms with Crippen LogP contribution in [0.2, 0.25) is 0 Å². The van der Waals surface area contributed by atoms with Crippen LogP contribution >= 0.6 is 0 Å². The van der Waals surface area contributed by atoms with Gasteiger partial charge in [-0.1, -0.05) is 55.0 Å². The molecule has 0 heterocycles. The van der Waals surface area contributed by atoms with Crippen molar-refractivity contribution in [2.24, 2.45) is 0 Å². The van der Waals surface area contributed by atoms with E-state index < -0.39 is 5.60 Å². The summed E-state index contributed by atoms with van der Waals surface area (Å²) in [4.78, 5) is 0. The monoisotopic (exact) mass is 281 g/mol. The lowest BCUT2D eigenvalue weighted by Crippen LogP contribution is -2.24. The maximum Gasteiger partial charge on any atom is 0.116 e. The van der Waals surface area contributed by atoms with E-state index in [2.05, 4.69) is 29.6 Å². The average Bonchev–Trinajstić information content (AvgIpc) is 2.78. The van der Waals surface area contributed by atoms with Crippen molar-refractivity contribution in [2.45, 2.75) is 31.3 Å². The fraction of sp³-hybridized carbons (Fsp3) is 0.368. The molecular formula is C19H23NO. The van der Waals surface area contributed by atoms with E-state index in [9.17, 15) is 5.11 Å². The molecule has 0 saturated carbocycles. The third kappa shape index (κ3) is 2.50. The number of hydrogen-bond acceptors (Lipinski definition) is 2. The Morgan fingerprint density at radius 1 is 0.857 bits per heavy atom. The minimum Gasteiger partial charge on any atom is -0.380 e. The second kappa shape index (κ2) is 6.00. The highest BCUT2D eigenvalue weighted by Gasteiger charge is 2.40. The molecule has 0 amide bonds. The Hall–Kier alpha value is -1.64. The summed E-state index contributed by atoms with van der Waals surface area (Å²) in [6, 6.07) is 16.5. The molecule has 21 heavy (non-hydrogen) atoms. The summed E-state index contributed by atoms with van der Waals surface area (Å²) in [6.07, 6.45) is 4.15. The molecule has 2 aromatic carbocycles. The molecule has 1 aliphatic rings. The maximum absolute atomic E-state index is 11.3. The van der Waals surface area contributed by atoms with Gasteiger partial charge in [0.15, 0.2) is 0 Å². The standard InChI is InChI=1S/C19H23NO/c1-20-14-8-2-7-13-19(21)17-11-5-3-9-15(17)16-10-4-6-12-18(16)19/h3-6,9-12,20-21H,2,7-8,13-14H2,1H3. The van der Waals surface area contributed by atoms with E-state index in [0.717, 1.165) is 43.4 Å². The molecule has 0 atom stereocenters. The minimum atomic E-state index is -0.813. The van der Waals surface area contributed by atoms with Crippen molar-refractivity contribution >= 4 is 0 Å². The van der Waals surface area contributed by atoms with Crippen molar-refractivity contribution in [1.29, 1.82) is 0 Å². The van der Waals surface area contributed by atoms with Gasteiger partial charge in [0.1, 0.15) is 5.60 Å². The number of aliphatic hydroxyl groups is 1. The lowest BCUT2D eigenvalue weighted by Gasteiger charge is -2.26. The predicted octanol–water partition coefficient (Wildman–Crippen LogP) is 3.68. The summed E-state index contributed by atoms with van der Waals surface area (Å²) in [5, 5.41) is 14.5. The Balaban J connectivity index is 1.87. The molecule has 0 spiro atoms. The number of nitrogens with one attached hydrogen (secondary N) is 1. The lowest BCUT2D eigenvalue weighted by atomic mass is 9.86. The second-order valence-corrected chi connectivity index (χ2v) is 5.87. The van der Waals surface area contributed by atoms with E-state index in [1.165, 1.54) is 11.1 Å². The molecule has 3 rings (SSSR count). The van der Waals surface area contributed by atoms with Crippen LogP contribution in [0.15, 0.2) is 48.5 Å². The van der Waals surface area contributed by atoms with Gasteiger partial charge >= 0.3 is 0 Å². The molecule has 2 N–H and O–H groups in total. The molecule has 0 aromatic heterocycles. The van der Waals surface area contributed by atoms with Crippen LogP contribution in [0, 0.1) is 0 Å². The topological polar surface area (TPSA) is 32.3 Å². The summed E-state index contributed by atoms with van der Waals surface area (Å²) in [5.41, 5.74) is 3.70. The van der Waals surface area contributed by atoms with Crippen molar-refractivity contribution in [3.05, 3.63) is 59.7 Å². The molecule has 0 saturated heterocycles. The van der Waals surface area contributed by atoms with Gasteiger partial charge in [-0.05, 0) is 55.1 Å². The molecule has 110 valence electrons. The molecule has 0 radical (unpaired) electrons. The molecule has 2 aromatic rings. The molecular weight excluding hydrogens is 258 g/mol. The van der Waals surface area contributed by atoms with Crippen LogP contribution in [0.4, 0.5) is 0 Å². The molecule has 0 bridgehead atoms. The van der Waals surface area contributed by atoms with Gasteiger partial charge in [-0.25, -0.2) is 0 Å². The van der Waals surface area contributed by atoms with E-state index in [0.29, 0.717) is 0 Å². The number of hydrogen-bond donors (Lipinski definition) is 2. The lowest BCUT2D eigenvalue weighted by molar-refractivity contribution is 0.0727. The smallest absolute Gasteiger partial charge is 0.116 e. The van der Waals surface area contributed by atoms with Crippen molar-refractivity contribution in [2.75, 3.05) is 13.6 Å². The molecule has 1 aliphatic carbocycles. The molecule has 2 heteroatoms. The van der Waals surface area contributed by atoms with E-state index in [4.69, 9.17) is 0 Å². The molecule has 0 unspecified atom stereocenters. The maximum atomic E-state index is 11.3. The second-order valence-electron chi connectivity index (χ2n) is 5.87. The Labute approximate surface area is 126 Å². The van der Waals surface area contributed by atoms with Crippen molar-refractivity contribution in [1.82, 2.24) is 5.32 Å². The van der Waals surface area contributed by atoms with Gasteiger partial charge < -0.3 is 10.4 Å². The largest absolute Gasteiger partial charge is 0.380 e. The number of unbranched alkanes of at least 4 members (excludes halogenated alkanes) is 2. The van der Waals surface area contributed by atoms with Gasteiger partial charge in [0, 0.05) is 0 Å². The van der Waals surface area contributed by atoms with Gasteiger partial charge in [-0.15, -0.1) is 0 Å². The van der Waals surface area contributed by atoms with E-state index in [1.54, 1.807) is 0 Å². The quantitative estimate of drug-likeness (QED) is 0.792. The summed E-state index contributed by atoms with van der Waals surface area (Å²) in [6.45, 7) is 1.05. The predicted molar refractivity (Wildman–Crippen MR) is 87.3 cm³/mol. The van der Waals surface area contributed by atoms with Crippen LogP contribution in [0.1, 0.15) is 36.8 Å². The zero-order chi connectivity index (χ0) is 14.7. The summed E-state index contributed by atoms with van der Waals surface area (Å²) >= 11 is 0. The Morgan fingerprint density at radius 3 is 2.00 bits per heavy atom. The highest BCUT2D eigenvalue weighted by atomic mass is 16.3. The van der Waals surface area contributed by atoms with Crippen molar-refractivity contribution in [3.63, 3.8) is 0 Å². The summed E-state index contributed by atoms with van der Waals surface area (Å²) < 4.78 is 0. The van der Waals surface area contributed by atoms with Gasteiger partial charge in [-0.2, -0.15) is 0 Å².